The van der Waals surface area contributed by atoms with Crippen molar-refractivity contribution < 1.29 is 19.7 Å². The molecule has 0 amide bonds. The second-order valence-electron chi connectivity index (χ2n) is 6.63. The summed E-state index contributed by atoms with van der Waals surface area (Å²) in [7, 11) is 2.01. The van der Waals surface area contributed by atoms with E-state index < -0.39 is 0 Å². The fraction of sp³-hybridized carbons (Fsp3) is 0.391. The van der Waals surface area contributed by atoms with Crippen molar-refractivity contribution in [3.05, 3.63) is 47.5 Å². The smallest absolute Gasteiger partial charge is 0.166 e. The molecule has 2 rings (SSSR count). The molecule has 0 spiro atoms. The average Bonchev–Trinajstić information content (AvgIpc) is 2.74. The summed E-state index contributed by atoms with van der Waals surface area (Å²) in [4.78, 5) is 10.9. The van der Waals surface area contributed by atoms with Gasteiger partial charge in [-0.05, 0) is 45.2 Å². The van der Waals surface area contributed by atoms with Gasteiger partial charge in [-0.1, -0.05) is 12.1 Å². The molecule has 2 aromatic carbocycles. The number of rotatable bonds is 12. The maximum atomic E-state index is 10.2. The van der Waals surface area contributed by atoms with Crippen LogP contribution >= 0.6 is 0 Å². The maximum absolute atomic E-state index is 10.2. The van der Waals surface area contributed by atoms with E-state index in [1.165, 1.54) is 0 Å². The Labute approximate surface area is 178 Å². The van der Waals surface area contributed by atoms with Gasteiger partial charge in [-0.2, -0.15) is 0 Å². The van der Waals surface area contributed by atoms with Crippen LogP contribution < -0.4 is 9.47 Å². The molecule has 30 heavy (non-hydrogen) atoms. The quantitative estimate of drug-likeness (QED) is 0.521. The Hall–Kier alpha value is -3.06. The Bertz CT molecular complexity index is 783. The lowest BCUT2D eigenvalue weighted by Gasteiger charge is -2.13. The first-order valence-corrected chi connectivity index (χ1v) is 10.1. The highest BCUT2D eigenvalue weighted by molar-refractivity contribution is 5.85. The fourth-order valence-electron chi connectivity index (χ4n) is 2.73. The number of nitrogens with zero attached hydrogens (tertiary/aromatic N) is 3. The van der Waals surface area contributed by atoms with E-state index in [2.05, 4.69) is 14.9 Å². The van der Waals surface area contributed by atoms with Gasteiger partial charge < -0.3 is 24.6 Å². The van der Waals surface area contributed by atoms with E-state index in [4.69, 9.17) is 9.47 Å². The molecule has 162 valence electrons. The van der Waals surface area contributed by atoms with E-state index in [-0.39, 0.29) is 11.5 Å². The number of aliphatic imine (C=N–C) groups is 2. The highest BCUT2D eigenvalue weighted by Gasteiger charge is 2.06. The van der Waals surface area contributed by atoms with Gasteiger partial charge >= 0.3 is 0 Å². The van der Waals surface area contributed by atoms with E-state index in [0.29, 0.717) is 48.9 Å². The monoisotopic (exact) mass is 413 g/mol. The molecule has 0 fully saturated rings. The predicted molar refractivity (Wildman–Crippen MR) is 121 cm³/mol. The summed E-state index contributed by atoms with van der Waals surface area (Å²) in [5.74, 6) is 1.16. The highest BCUT2D eigenvalue weighted by atomic mass is 16.5. The minimum Gasteiger partial charge on any atom is -0.504 e. The van der Waals surface area contributed by atoms with Gasteiger partial charge in [0.05, 0.1) is 26.3 Å². The zero-order chi connectivity index (χ0) is 21.8. The number of para-hydroxylation sites is 2. The van der Waals surface area contributed by atoms with Crippen LogP contribution in [0, 0.1) is 0 Å². The molecule has 7 nitrogen and oxygen atoms in total. The first-order chi connectivity index (χ1) is 14.6. The van der Waals surface area contributed by atoms with Gasteiger partial charge in [0, 0.05) is 36.6 Å². The van der Waals surface area contributed by atoms with E-state index in [1.807, 2.05) is 33.0 Å². The summed E-state index contributed by atoms with van der Waals surface area (Å²) in [5.41, 5.74) is 1.28. The van der Waals surface area contributed by atoms with Crippen molar-refractivity contribution in [3.63, 3.8) is 0 Å². The zero-order valence-electron chi connectivity index (χ0n) is 17.9. The number of hydrogen-bond acceptors (Lipinski definition) is 7. The first-order valence-electron chi connectivity index (χ1n) is 10.1. The molecular weight excluding hydrogens is 382 g/mol. The summed E-state index contributed by atoms with van der Waals surface area (Å²) in [6, 6.07) is 10.7. The molecule has 0 aromatic heterocycles. The third-order valence-corrected chi connectivity index (χ3v) is 4.34. The Morgan fingerprint density at radius 2 is 1.23 bits per heavy atom. The summed E-state index contributed by atoms with van der Waals surface area (Å²) in [6.45, 7) is 7.50. The molecule has 2 aromatic rings. The minimum absolute atomic E-state index is 0.113. The molecule has 0 saturated heterocycles. The highest BCUT2D eigenvalue weighted by Crippen LogP contribution is 2.29. The molecule has 0 heterocycles. The van der Waals surface area contributed by atoms with E-state index in [9.17, 15) is 10.2 Å². The third-order valence-electron chi connectivity index (χ3n) is 4.34. The zero-order valence-corrected chi connectivity index (χ0v) is 17.9. The Morgan fingerprint density at radius 1 is 0.800 bits per heavy atom. The lowest BCUT2D eigenvalue weighted by Crippen LogP contribution is -2.24. The normalized spacial score (nSPS) is 11.6. The van der Waals surface area contributed by atoms with Crippen LogP contribution in [0.15, 0.2) is 46.4 Å². The molecule has 0 aliphatic rings. The van der Waals surface area contributed by atoms with E-state index in [0.717, 1.165) is 13.1 Å². The van der Waals surface area contributed by atoms with Gasteiger partial charge in [0.25, 0.3) is 0 Å². The van der Waals surface area contributed by atoms with Crippen molar-refractivity contribution in [1.29, 1.82) is 0 Å². The minimum atomic E-state index is 0.113. The standard InChI is InChI=1S/C23H31N3O4/c1-4-29-20-10-6-8-18(22(20)27)16-24-12-14-26(3)15-13-25-17-19-9-7-11-21(23(19)28)30-5-2/h6-11,16-17,27-28H,4-5,12-15H2,1-3H3. The molecule has 7 heteroatoms. The summed E-state index contributed by atoms with van der Waals surface area (Å²) >= 11 is 0. The molecule has 0 bridgehead atoms. The third kappa shape index (κ3) is 7.08. The fourth-order valence-corrected chi connectivity index (χ4v) is 2.73. The summed E-state index contributed by atoms with van der Waals surface area (Å²) in [5, 5.41) is 20.3. The van der Waals surface area contributed by atoms with Crippen LogP contribution in [0.25, 0.3) is 0 Å². The van der Waals surface area contributed by atoms with Crippen molar-refractivity contribution >= 4 is 12.4 Å². The van der Waals surface area contributed by atoms with Crippen molar-refractivity contribution in [2.24, 2.45) is 9.98 Å². The van der Waals surface area contributed by atoms with Gasteiger partial charge in [0.1, 0.15) is 0 Å². The Morgan fingerprint density at radius 3 is 1.63 bits per heavy atom. The number of likely N-dealkylation sites (N-methyl/N-ethyl adjacent to an activating group) is 1. The van der Waals surface area contributed by atoms with Crippen molar-refractivity contribution in [2.75, 3.05) is 46.4 Å². The average molecular weight is 414 g/mol. The number of benzene rings is 2. The maximum Gasteiger partial charge on any atom is 0.166 e. The molecule has 0 unspecified atom stereocenters. The van der Waals surface area contributed by atoms with Crippen molar-refractivity contribution in [1.82, 2.24) is 4.90 Å². The molecule has 0 atom stereocenters. The SMILES string of the molecule is CCOc1cccc(C=NCCN(C)CCN=Cc2cccc(OCC)c2O)c1O. The van der Waals surface area contributed by atoms with Gasteiger partial charge in [-0.15, -0.1) is 0 Å². The number of aromatic hydroxyl groups is 2. The predicted octanol–water partition coefficient (Wildman–Crippen LogP) is 3.37. The first kappa shape index (κ1) is 23.2. The van der Waals surface area contributed by atoms with Crippen LogP contribution in [0.5, 0.6) is 23.0 Å². The topological polar surface area (TPSA) is 86.9 Å². The molecular formula is C23H31N3O4. The lowest BCUT2D eigenvalue weighted by molar-refractivity contribution is 0.318. The number of phenols is 2. The summed E-state index contributed by atoms with van der Waals surface area (Å²) < 4.78 is 10.8. The van der Waals surface area contributed by atoms with Gasteiger partial charge in [-0.25, -0.2) is 0 Å². The van der Waals surface area contributed by atoms with Gasteiger partial charge in [0.2, 0.25) is 0 Å². The molecule has 0 radical (unpaired) electrons. The number of ether oxygens (including phenoxy) is 2. The largest absolute Gasteiger partial charge is 0.504 e. The van der Waals surface area contributed by atoms with Crippen molar-refractivity contribution in [3.8, 4) is 23.0 Å². The number of hydrogen-bond donors (Lipinski definition) is 2. The van der Waals surface area contributed by atoms with Crippen LogP contribution in [0.3, 0.4) is 0 Å². The van der Waals surface area contributed by atoms with Gasteiger partial charge in [0.15, 0.2) is 23.0 Å². The van der Waals surface area contributed by atoms with E-state index >= 15 is 0 Å². The molecule has 0 aliphatic carbocycles. The van der Waals surface area contributed by atoms with E-state index in [1.54, 1.807) is 36.7 Å². The lowest BCUT2D eigenvalue weighted by atomic mass is 10.2. The van der Waals surface area contributed by atoms with Crippen LogP contribution in [0.2, 0.25) is 0 Å². The van der Waals surface area contributed by atoms with Crippen LogP contribution in [0.1, 0.15) is 25.0 Å². The number of phenolic OH excluding ortho intramolecular Hbond substituents is 2. The van der Waals surface area contributed by atoms with Crippen LogP contribution in [-0.4, -0.2) is 74.0 Å². The second kappa shape index (κ2) is 12.5. The van der Waals surface area contributed by atoms with Crippen LogP contribution in [0.4, 0.5) is 0 Å². The van der Waals surface area contributed by atoms with Crippen molar-refractivity contribution in [2.45, 2.75) is 13.8 Å². The summed E-state index contributed by atoms with van der Waals surface area (Å²) in [6.07, 6.45) is 3.33. The Kier molecular flexibility index (Phi) is 9.67. The van der Waals surface area contributed by atoms with Crippen LogP contribution in [-0.2, 0) is 0 Å². The molecule has 2 N–H and O–H groups in total. The molecule has 0 aliphatic heterocycles. The molecule has 0 saturated carbocycles. The Balaban J connectivity index is 1.76. The second-order valence-corrected chi connectivity index (χ2v) is 6.63. The van der Waals surface area contributed by atoms with Gasteiger partial charge in [-0.3, -0.25) is 9.98 Å².